The van der Waals surface area contributed by atoms with Crippen molar-refractivity contribution in [3.63, 3.8) is 0 Å². The molecule has 0 N–H and O–H groups in total. The van der Waals surface area contributed by atoms with Gasteiger partial charge in [0.05, 0.1) is 12.9 Å². The third-order valence-electron chi connectivity index (χ3n) is 1.89. The topological polar surface area (TPSA) is 52.6 Å². The maximum absolute atomic E-state index is 11.3. The van der Waals surface area contributed by atoms with Crippen molar-refractivity contribution < 1.29 is 17.3 Å². The molecule has 98 valence electrons. The molecule has 17 heavy (non-hydrogen) atoms. The van der Waals surface area contributed by atoms with Gasteiger partial charge in [0, 0.05) is 0 Å². The summed E-state index contributed by atoms with van der Waals surface area (Å²) in [6.45, 7) is 7.38. The van der Waals surface area contributed by atoms with E-state index in [1.54, 1.807) is 12.1 Å². The highest BCUT2D eigenvalue weighted by atomic mass is 32.2. The van der Waals surface area contributed by atoms with Gasteiger partial charge in [0.2, 0.25) is 0 Å². The highest BCUT2D eigenvalue weighted by Crippen LogP contribution is 2.28. The van der Waals surface area contributed by atoms with E-state index in [2.05, 4.69) is 0 Å². The maximum atomic E-state index is 11.3. The van der Waals surface area contributed by atoms with Gasteiger partial charge < -0.3 is 8.92 Å². The zero-order chi connectivity index (χ0) is 13.5. The van der Waals surface area contributed by atoms with Crippen molar-refractivity contribution in [1.29, 1.82) is 0 Å². The molecule has 0 aliphatic carbocycles. The highest BCUT2D eigenvalue weighted by molar-refractivity contribution is 7.87. The molecule has 0 spiro atoms. The molecule has 0 amide bonds. The van der Waals surface area contributed by atoms with Crippen LogP contribution in [0.3, 0.4) is 0 Å². The molecule has 0 aliphatic heterocycles. The molecule has 0 radical (unpaired) electrons. The smallest absolute Gasteiger partial charge is 0.309 e. The molecule has 0 aliphatic rings. The third kappa shape index (κ3) is 5.08. The molecule has 0 fully saturated rings. The van der Waals surface area contributed by atoms with Crippen molar-refractivity contribution in [2.24, 2.45) is 0 Å². The van der Waals surface area contributed by atoms with Crippen LogP contribution in [0.15, 0.2) is 18.2 Å². The first-order valence-corrected chi connectivity index (χ1v) is 7.13. The Bertz CT molecular complexity index is 438. The van der Waals surface area contributed by atoms with E-state index in [0.717, 1.165) is 5.56 Å². The van der Waals surface area contributed by atoms with E-state index >= 15 is 0 Å². The van der Waals surface area contributed by atoms with Crippen LogP contribution in [-0.4, -0.2) is 21.3 Å². The van der Waals surface area contributed by atoms with E-state index in [0.29, 0.717) is 5.75 Å². The van der Waals surface area contributed by atoms with E-state index in [1.165, 1.54) is 14.0 Å². The third-order valence-corrected chi connectivity index (χ3v) is 3.03. The Labute approximate surface area is 104 Å². The van der Waals surface area contributed by atoms with Gasteiger partial charge in [0.25, 0.3) is 0 Å². The van der Waals surface area contributed by atoms with Crippen LogP contribution in [0.25, 0.3) is 0 Å². The van der Waals surface area contributed by atoms with Crippen LogP contribution in [-0.2, 0) is 10.1 Å². The minimum absolute atomic E-state index is 0.0654. The Morgan fingerprint density at radius 1 is 1.18 bits per heavy atom. The van der Waals surface area contributed by atoms with Gasteiger partial charge in [-0.3, -0.25) is 0 Å². The lowest BCUT2D eigenvalue weighted by Crippen LogP contribution is -2.12. The summed E-state index contributed by atoms with van der Waals surface area (Å²) in [6, 6.07) is 5.13. The number of hydrogen-bond acceptors (Lipinski definition) is 4. The molecule has 0 saturated heterocycles. The summed E-state index contributed by atoms with van der Waals surface area (Å²) in [4.78, 5) is 0. The Kier molecular flexibility index (Phi) is 6.65. The second-order valence-corrected chi connectivity index (χ2v) is 4.94. The molecule has 0 unspecified atom stereocenters. The molecule has 0 aromatic heterocycles. The maximum Gasteiger partial charge on any atom is 0.309 e. The second-order valence-electron chi connectivity index (χ2n) is 3.08. The fourth-order valence-corrected chi connectivity index (χ4v) is 1.57. The zero-order valence-corrected chi connectivity index (χ0v) is 11.8. The number of aryl methyl sites for hydroxylation is 1. The Morgan fingerprint density at radius 3 is 2.24 bits per heavy atom. The summed E-state index contributed by atoms with van der Waals surface area (Å²) in [5.41, 5.74) is 0.914. The molecule has 1 aromatic rings. The van der Waals surface area contributed by atoms with Crippen LogP contribution in [0, 0.1) is 6.92 Å². The van der Waals surface area contributed by atoms with E-state index in [4.69, 9.17) is 8.92 Å². The Hall–Kier alpha value is -1.23. The predicted octanol–water partition coefficient (Wildman–Crippen LogP) is 2.76. The number of rotatable bonds is 4. The van der Waals surface area contributed by atoms with Gasteiger partial charge >= 0.3 is 10.1 Å². The minimum Gasteiger partial charge on any atom is -0.493 e. The fraction of sp³-hybridized carbons (Fsp3) is 0.500. The molecule has 0 bridgehead atoms. The summed E-state index contributed by atoms with van der Waals surface area (Å²) in [5.74, 6) is 0.585. The standard InChI is InChI=1S/C10H14O4S.C2H6/c1-4-15(11,12)14-10-7-8(2)5-6-9(10)13-3;1-2/h5-7H,4H2,1-3H3;1-2H3. The van der Waals surface area contributed by atoms with Crippen LogP contribution in [0.4, 0.5) is 0 Å². The van der Waals surface area contributed by atoms with Crippen molar-refractivity contribution in [2.45, 2.75) is 27.7 Å². The first-order chi connectivity index (χ1) is 7.98. The van der Waals surface area contributed by atoms with Crippen LogP contribution in [0.2, 0.25) is 0 Å². The second kappa shape index (κ2) is 7.17. The van der Waals surface area contributed by atoms with Crippen molar-refractivity contribution in [3.05, 3.63) is 23.8 Å². The largest absolute Gasteiger partial charge is 0.493 e. The summed E-state index contributed by atoms with van der Waals surface area (Å²) in [7, 11) is -2.03. The predicted molar refractivity (Wildman–Crippen MR) is 69.2 cm³/mol. The van der Waals surface area contributed by atoms with Crippen molar-refractivity contribution in [2.75, 3.05) is 12.9 Å². The molecule has 4 nitrogen and oxygen atoms in total. The number of methoxy groups -OCH3 is 1. The summed E-state index contributed by atoms with van der Waals surface area (Å²) >= 11 is 0. The Balaban J connectivity index is 0.00000121. The first kappa shape index (κ1) is 15.8. The molecular formula is C12H20O4S. The quantitative estimate of drug-likeness (QED) is 0.781. The van der Waals surface area contributed by atoms with Gasteiger partial charge in [-0.1, -0.05) is 19.9 Å². The van der Waals surface area contributed by atoms with Gasteiger partial charge in [-0.25, -0.2) is 0 Å². The van der Waals surface area contributed by atoms with E-state index in [9.17, 15) is 8.42 Å². The number of ether oxygens (including phenoxy) is 1. The van der Waals surface area contributed by atoms with Crippen LogP contribution in [0.1, 0.15) is 26.3 Å². The van der Waals surface area contributed by atoms with Crippen molar-refractivity contribution in [3.8, 4) is 11.5 Å². The van der Waals surface area contributed by atoms with Crippen LogP contribution >= 0.6 is 0 Å². The summed E-state index contributed by atoms with van der Waals surface area (Å²) < 4.78 is 32.4. The normalized spacial score (nSPS) is 10.2. The van der Waals surface area contributed by atoms with Gasteiger partial charge in [0.15, 0.2) is 11.5 Å². The van der Waals surface area contributed by atoms with Gasteiger partial charge in [-0.05, 0) is 31.5 Å². The fourth-order valence-electron chi connectivity index (χ4n) is 1.04. The molecule has 0 atom stereocenters. The Morgan fingerprint density at radius 2 is 1.76 bits per heavy atom. The number of benzene rings is 1. The lowest BCUT2D eigenvalue weighted by atomic mass is 10.2. The molecule has 5 heteroatoms. The summed E-state index contributed by atoms with van der Waals surface area (Å²) in [6.07, 6.45) is 0. The average Bonchev–Trinajstić information content (AvgIpc) is 2.31. The number of hydrogen-bond donors (Lipinski definition) is 0. The molecule has 0 saturated carbocycles. The van der Waals surface area contributed by atoms with E-state index < -0.39 is 10.1 Å². The highest BCUT2D eigenvalue weighted by Gasteiger charge is 2.13. The zero-order valence-electron chi connectivity index (χ0n) is 11.0. The summed E-state index contributed by atoms with van der Waals surface area (Å²) in [5, 5.41) is 0. The monoisotopic (exact) mass is 260 g/mol. The van der Waals surface area contributed by atoms with Crippen molar-refractivity contribution in [1.82, 2.24) is 0 Å². The van der Waals surface area contributed by atoms with E-state index in [1.807, 2.05) is 26.8 Å². The van der Waals surface area contributed by atoms with Gasteiger partial charge in [-0.2, -0.15) is 8.42 Å². The average molecular weight is 260 g/mol. The molecular weight excluding hydrogens is 240 g/mol. The van der Waals surface area contributed by atoms with Gasteiger partial charge in [0.1, 0.15) is 0 Å². The molecule has 0 heterocycles. The molecule has 1 aromatic carbocycles. The lowest BCUT2D eigenvalue weighted by molar-refractivity contribution is 0.390. The minimum atomic E-state index is -3.50. The first-order valence-electron chi connectivity index (χ1n) is 5.55. The lowest BCUT2D eigenvalue weighted by Gasteiger charge is -2.09. The van der Waals surface area contributed by atoms with Gasteiger partial charge in [-0.15, -0.1) is 0 Å². The van der Waals surface area contributed by atoms with Crippen LogP contribution in [0.5, 0.6) is 11.5 Å². The molecule has 1 rings (SSSR count). The van der Waals surface area contributed by atoms with Crippen LogP contribution < -0.4 is 8.92 Å². The SMILES string of the molecule is CC.CCS(=O)(=O)Oc1cc(C)ccc1OC. The van der Waals surface area contributed by atoms with Crippen molar-refractivity contribution >= 4 is 10.1 Å². The van der Waals surface area contributed by atoms with E-state index in [-0.39, 0.29) is 11.5 Å².